The lowest BCUT2D eigenvalue weighted by molar-refractivity contribution is -0.116. The van der Waals surface area contributed by atoms with Crippen LogP contribution in [0.2, 0.25) is 0 Å². The molecule has 1 aromatic heterocycles. The predicted octanol–water partition coefficient (Wildman–Crippen LogP) is 2.68. The standard InChI is InChI=1S/C14H14F2N2O2/c15-12-4-3-10(8-13(12)16)18-14(19)5-6-17-9-11-2-1-7-20-11/h1-4,7-8,17H,5-6,9H2,(H,18,19). The van der Waals surface area contributed by atoms with Crippen LogP contribution in [0, 0.1) is 11.6 Å². The maximum absolute atomic E-state index is 12.9. The molecule has 2 aromatic rings. The number of benzene rings is 1. The molecule has 20 heavy (non-hydrogen) atoms. The van der Waals surface area contributed by atoms with Gasteiger partial charge in [-0.1, -0.05) is 0 Å². The summed E-state index contributed by atoms with van der Waals surface area (Å²) in [5.74, 6) is -1.42. The molecule has 4 nitrogen and oxygen atoms in total. The van der Waals surface area contributed by atoms with Crippen LogP contribution in [0.1, 0.15) is 12.2 Å². The number of carbonyl (C=O) groups is 1. The molecule has 106 valence electrons. The highest BCUT2D eigenvalue weighted by atomic mass is 19.2. The average Bonchev–Trinajstić information content (AvgIpc) is 2.92. The highest BCUT2D eigenvalue weighted by Gasteiger charge is 2.06. The normalized spacial score (nSPS) is 10.5. The van der Waals surface area contributed by atoms with Crippen molar-refractivity contribution in [1.29, 1.82) is 0 Å². The fraction of sp³-hybridized carbons (Fsp3) is 0.214. The van der Waals surface area contributed by atoms with Gasteiger partial charge < -0.3 is 15.1 Å². The van der Waals surface area contributed by atoms with E-state index in [-0.39, 0.29) is 18.0 Å². The third-order valence-corrected chi connectivity index (χ3v) is 2.61. The fourth-order valence-corrected chi connectivity index (χ4v) is 1.62. The first kappa shape index (κ1) is 14.2. The van der Waals surface area contributed by atoms with Gasteiger partial charge in [-0.05, 0) is 24.3 Å². The Kier molecular flexibility index (Phi) is 4.84. The van der Waals surface area contributed by atoms with Crippen molar-refractivity contribution in [2.45, 2.75) is 13.0 Å². The molecule has 6 heteroatoms. The van der Waals surface area contributed by atoms with E-state index >= 15 is 0 Å². The SMILES string of the molecule is O=C(CCNCc1ccco1)Nc1ccc(F)c(F)c1. The van der Waals surface area contributed by atoms with Gasteiger partial charge in [0.05, 0.1) is 12.8 Å². The predicted molar refractivity (Wildman–Crippen MR) is 70.0 cm³/mol. The van der Waals surface area contributed by atoms with Crippen molar-refractivity contribution in [1.82, 2.24) is 5.32 Å². The molecule has 0 atom stereocenters. The maximum atomic E-state index is 12.9. The van der Waals surface area contributed by atoms with Gasteiger partial charge in [0.25, 0.3) is 0 Å². The summed E-state index contributed by atoms with van der Waals surface area (Å²) < 4.78 is 30.8. The fourth-order valence-electron chi connectivity index (χ4n) is 1.62. The molecule has 0 bridgehead atoms. The second-order valence-electron chi connectivity index (χ2n) is 4.18. The van der Waals surface area contributed by atoms with Gasteiger partial charge in [0, 0.05) is 24.7 Å². The molecule has 2 rings (SSSR count). The third-order valence-electron chi connectivity index (χ3n) is 2.61. The van der Waals surface area contributed by atoms with Gasteiger partial charge in [0.1, 0.15) is 5.76 Å². The van der Waals surface area contributed by atoms with E-state index in [2.05, 4.69) is 10.6 Å². The number of hydrogen-bond donors (Lipinski definition) is 2. The van der Waals surface area contributed by atoms with E-state index in [4.69, 9.17) is 4.42 Å². The van der Waals surface area contributed by atoms with E-state index in [9.17, 15) is 13.6 Å². The van der Waals surface area contributed by atoms with Crippen LogP contribution >= 0.6 is 0 Å². The molecule has 0 saturated carbocycles. The zero-order valence-electron chi connectivity index (χ0n) is 10.7. The summed E-state index contributed by atoms with van der Waals surface area (Å²) in [6.45, 7) is 0.988. The number of furan rings is 1. The van der Waals surface area contributed by atoms with Gasteiger partial charge in [-0.25, -0.2) is 8.78 Å². The number of halogens is 2. The Morgan fingerprint density at radius 2 is 2.05 bits per heavy atom. The van der Waals surface area contributed by atoms with Crippen LogP contribution < -0.4 is 10.6 Å². The molecule has 0 aliphatic carbocycles. The van der Waals surface area contributed by atoms with E-state index in [1.165, 1.54) is 6.07 Å². The molecular weight excluding hydrogens is 266 g/mol. The number of carbonyl (C=O) groups excluding carboxylic acids is 1. The molecule has 0 fully saturated rings. The second-order valence-corrected chi connectivity index (χ2v) is 4.18. The summed E-state index contributed by atoms with van der Waals surface area (Å²) in [6.07, 6.45) is 1.80. The van der Waals surface area contributed by atoms with Crippen molar-refractivity contribution in [2.24, 2.45) is 0 Å². The van der Waals surface area contributed by atoms with E-state index in [1.807, 2.05) is 6.07 Å². The first-order chi connectivity index (χ1) is 9.65. The molecule has 0 unspecified atom stereocenters. The Morgan fingerprint density at radius 3 is 2.75 bits per heavy atom. The monoisotopic (exact) mass is 280 g/mol. The van der Waals surface area contributed by atoms with Crippen LogP contribution in [0.3, 0.4) is 0 Å². The summed E-state index contributed by atoms with van der Waals surface area (Å²) in [5, 5.41) is 5.53. The maximum Gasteiger partial charge on any atom is 0.225 e. The third kappa shape index (κ3) is 4.17. The first-order valence-electron chi connectivity index (χ1n) is 6.13. The Hall–Kier alpha value is -2.21. The highest BCUT2D eigenvalue weighted by Crippen LogP contribution is 2.13. The van der Waals surface area contributed by atoms with Crippen molar-refractivity contribution < 1.29 is 18.0 Å². The first-order valence-corrected chi connectivity index (χ1v) is 6.13. The van der Waals surface area contributed by atoms with E-state index in [0.29, 0.717) is 13.1 Å². The van der Waals surface area contributed by atoms with Crippen molar-refractivity contribution in [3.8, 4) is 0 Å². The lowest BCUT2D eigenvalue weighted by Crippen LogP contribution is -2.21. The largest absolute Gasteiger partial charge is 0.468 e. The van der Waals surface area contributed by atoms with Gasteiger partial charge in [-0.3, -0.25) is 4.79 Å². The van der Waals surface area contributed by atoms with E-state index < -0.39 is 11.6 Å². The number of anilines is 1. The summed E-state index contributed by atoms with van der Waals surface area (Å²) in [7, 11) is 0. The molecule has 1 aromatic carbocycles. The van der Waals surface area contributed by atoms with E-state index in [0.717, 1.165) is 17.9 Å². The Labute approximate surface area is 114 Å². The molecule has 1 heterocycles. The number of nitrogens with one attached hydrogen (secondary N) is 2. The second kappa shape index (κ2) is 6.81. The van der Waals surface area contributed by atoms with Gasteiger partial charge in [0.2, 0.25) is 5.91 Å². The minimum atomic E-state index is -0.987. The molecule has 0 saturated heterocycles. The summed E-state index contributed by atoms with van der Waals surface area (Å²) >= 11 is 0. The molecule has 0 aliphatic heterocycles. The van der Waals surface area contributed by atoms with Crippen LogP contribution in [0.5, 0.6) is 0 Å². The zero-order chi connectivity index (χ0) is 14.4. The van der Waals surface area contributed by atoms with Crippen molar-refractivity contribution in [3.63, 3.8) is 0 Å². The summed E-state index contributed by atoms with van der Waals surface area (Å²) in [6, 6.07) is 6.84. The zero-order valence-corrected chi connectivity index (χ0v) is 10.7. The molecule has 0 aliphatic rings. The quantitative estimate of drug-likeness (QED) is 0.800. The van der Waals surface area contributed by atoms with Gasteiger partial charge in [0.15, 0.2) is 11.6 Å². The van der Waals surface area contributed by atoms with Crippen LogP contribution in [-0.4, -0.2) is 12.5 Å². The van der Waals surface area contributed by atoms with Crippen LogP contribution in [-0.2, 0) is 11.3 Å². The average molecular weight is 280 g/mol. The van der Waals surface area contributed by atoms with Crippen LogP contribution in [0.15, 0.2) is 41.0 Å². The Bertz CT molecular complexity index is 571. The molecule has 2 N–H and O–H groups in total. The van der Waals surface area contributed by atoms with Crippen molar-refractivity contribution >= 4 is 11.6 Å². The molecule has 0 spiro atoms. The molecule has 1 amide bonds. The molecule has 0 radical (unpaired) electrons. The minimum absolute atomic E-state index is 0.222. The Morgan fingerprint density at radius 1 is 1.20 bits per heavy atom. The topological polar surface area (TPSA) is 54.3 Å². The smallest absolute Gasteiger partial charge is 0.225 e. The van der Waals surface area contributed by atoms with Crippen molar-refractivity contribution in [3.05, 3.63) is 54.0 Å². The summed E-state index contributed by atoms with van der Waals surface area (Å²) in [5.41, 5.74) is 0.236. The van der Waals surface area contributed by atoms with Crippen LogP contribution in [0.4, 0.5) is 14.5 Å². The highest BCUT2D eigenvalue weighted by molar-refractivity contribution is 5.90. The van der Waals surface area contributed by atoms with Gasteiger partial charge in [-0.2, -0.15) is 0 Å². The lowest BCUT2D eigenvalue weighted by Gasteiger charge is -2.06. The Balaban J connectivity index is 1.71. The van der Waals surface area contributed by atoms with Crippen molar-refractivity contribution in [2.75, 3.05) is 11.9 Å². The van der Waals surface area contributed by atoms with Gasteiger partial charge >= 0.3 is 0 Å². The number of rotatable bonds is 6. The minimum Gasteiger partial charge on any atom is -0.468 e. The van der Waals surface area contributed by atoms with E-state index in [1.54, 1.807) is 12.3 Å². The summed E-state index contributed by atoms with van der Waals surface area (Å²) in [4.78, 5) is 11.6. The number of hydrogen-bond acceptors (Lipinski definition) is 3. The number of amides is 1. The molecular formula is C14H14F2N2O2. The van der Waals surface area contributed by atoms with Gasteiger partial charge in [-0.15, -0.1) is 0 Å². The lowest BCUT2D eigenvalue weighted by atomic mass is 10.3. The van der Waals surface area contributed by atoms with Crippen LogP contribution in [0.25, 0.3) is 0 Å².